The van der Waals surface area contributed by atoms with Gasteiger partial charge >= 0.3 is 0 Å². The normalized spacial score (nSPS) is 22.7. The lowest BCUT2D eigenvalue weighted by atomic mass is 9.86. The molecule has 0 radical (unpaired) electrons. The second-order valence-electron chi connectivity index (χ2n) is 7.42. The summed E-state index contributed by atoms with van der Waals surface area (Å²) in [6.07, 6.45) is 8.47. The minimum absolute atomic E-state index is 0.457. The van der Waals surface area contributed by atoms with E-state index in [2.05, 4.69) is 31.0 Å². The second kappa shape index (κ2) is 7.08. The van der Waals surface area contributed by atoms with E-state index in [9.17, 15) is 0 Å². The SMILES string of the molecule is CCCNCC(C)(CC)CN(CC1CC1)CC1CC1. The van der Waals surface area contributed by atoms with Crippen molar-refractivity contribution < 1.29 is 0 Å². The van der Waals surface area contributed by atoms with Crippen LogP contribution in [0.3, 0.4) is 0 Å². The predicted molar refractivity (Wildman–Crippen MR) is 83.4 cm³/mol. The first-order chi connectivity index (χ1) is 9.15. The molecule has 0 bridgehead atoms. The molecule has 1 atom stereocenters. The summed E-state index contributed by atoms with van der Waals surface area (Å²) in [7, 11) is 0. The Morgan fingerprint density at radius 3 is 2.05 bits per heavy atom. The van der Waals surface area contributed by atoms with Gasteiger partial charge in [-0.1, -0.05) is 20.8 Å². The van der Waals surface area contributed by atoms with E-state index in [1.165, 1.54) is 71.2 Å². The number of nitrogens with zero attached hydrogens (tertiary/aromatic N) is 1. The van der Waals surface area contributed by atoms with Crippen LogP contribution >= 0.6 is 0 Å². The molecule has 1 N–H and O–H groups in total. The van der Waals surface area contributed by atoms with Crippen molar-refractivity contribution in [1.29, 1.82) is 0 Å². The van der Waals surface area contributed by atoms with Gasteiger partial charge in [0, 0.05) is 26.2 Å². The molecule has 19 heavy (non-hydrogen) atoms. The minimum Gasteiger partial charge on any atom is -0.316 e. The Hall–Kier alpha value is -0.0800. The molecule has 2 aliphatic carbocycles. The lowest BCUT2D eigenvalue weighted by molar-refractivity contribution is 0.145. The Morgan fingerprint density at radius 2 is 1.63 bits per heavy atom. The van der Waals surface area contributed by atoms with Crippen LogP contribution in [0.15, 0.2) is 0 Å². The number of hydrogen-bond donors (Lipinski definition) is 1. The Balaban J connectivity index is 1.79. The molecule has 0 aliphatic heterocycles. The van der Waals surface area contributed by atoms with Gasteiger partial charge in [0.05, 0.1) is 0 Å². The van der Waals surface area contributed by atoms with Gasteiger partial charge in [-0.05, 0) is 62.3 Å². The summed E-state index contributed by atoms with van der Waals surface area (Å²) < 4.78 is 0. The van der Waals surface area contributed by atoms with Crippen molar-refractivity contribution in [3.05, 3.63) is 0 Å². The van der Waals surface area contributed by atoms with Crippen LogP contribution in [0.5, 0.6) is 0 Å². The molecule has 0 aromatic rings. The minimum atomic E-state index is 0.457. The Morgan fingerprint density at radius 1 is 1.05 bits per heavy atom. The number of rotatable bonds is 11. The first kappa shape index (κ1) is 15.3. The molecule has 2 aliphatic rings. The van der Waals surface area contributed by atoms with E-state index < -0.39 is 0 Å². The Bertz CT molecular complexity index is 244. The summed E-state index contributed by atoms with van der Waals surface area (Å²) in [5.41, 5.74) is 0.457. The second-order valence-corrected chi connectivity index (χ2v) is 7.42. The largest absolute Gasteiger partial charge is 0.316 e. The molecular formula is C17H34N2. The van der Waals surface area contributed by atoms with Crippen molar-refractivity contribution in [1.82, 2.24) is 10.2 Å². The predicted octanol–water partition coefficient (Wildman–Crippen LogP) is 3.52. The first-order valence-corrected chi connectivity index (χ1v) is 8.58. The van der Waals surface area contributed by atoms with E-state index in [-0.39, 0.29) is 0 Å². The van der Waals surface area contributed by atoms with Crippen molar-refractivity contribution >= 4 is 0 Å². The molecular weight excluding hydrogens is 232 g/mol. The van der Waals surface area contributed by atoms with Crippen LogP contribution in [0.2, 0.25) is 0 Å². The summed E-state index contributed by atoms with van der Waals surface area (Å²) in [5, 5.41) is 3.64. The van der Waals surface area contributed by atoms with Gasteiger partial charge < -0.3 is 10.2 Å². The van der Waals surface area contributed by atoms with E-state index in [1.54, 1.807) is 0 Å². The van der Waals surface area contributed by atoms with Crippen molar-refractivity contribution in [3.63, 3.8) is 0 Å². The van der Waals surface area contributed by atoms with Crippen molar-refractivity contribution in [2.24, 2.45) is 17.3 Å². The highest BCUT2D eigenvalue weighted by molar-refractivity contribution is 4.86. The zero-order valence-corrected chi connectivity index (χ0v) is 13.4. The third-order valence-corrected chi connectivity index (χ3v) is 4.86. The summed E-state index contributed by atoms with van der Waals surface area (Å²) in [6.45, 7) is 13.5. The van der Waals surface area contributed by atoms with Gasteiger partial charge in [-0.25, -0.2) is 0 Å². The average Bonchev–Trinajstić information content (AvgIpc) is 3.26. The van der Waals surface area contributed by atoms with Crippen LogP contribution < -0.4 is 5.32 Å². The van der Waals surface area contributed by atoms with Crippen LogP contribution in [0.25, 0.3) is 0 Å². The average molecular weight is 266 g/mol. The molecule has 0 spiro atoms. The highest BCUT2D eigenvalue weighted by Crippen LogP contribution is 2.35. The van der Waals surface area contributed by atoms with Gasteiger partial charge in [-0.15, -0.1) is 0 Å². The van der Waals surface area contributed by atoms with Gasteiger partial charge in [-0.3, -0.25) is 0 Å². The molecule has 0 aromatic carbocycles. The van der Waals surface area contributed by atoms with E-state index >= 15 is 0 Å². The molecule has 0 heterocycles. The van der Waals surface area contributed by atoms with Gasteiger partial charge in [0.1, 0.15) is 0 Å². The van der Waals surface area contributed by atoms with Crippen molar-refractivity contribution in [2.75, 3.05) is 32.7 Å². The summed E-state index contributed by atoms with van der Waals surface area (Å²) >= 11 is 0. The summed E-state index contributed by atoms with van der Waals surface area (Å²) in [5.74, 6) is 2.06. The molecule has 2 nitrogen and oxygen atoms in total. The zero-order chi connectivity index (χ0) is 13.7. The number of hydrogen-bond acceptors (Lipinski definition) is 2. The maximum absolute atomic E-state index is 3.64. The van der Waals surface area contributed by atoms with Crippen LogP contribution in [0.4, 0.5) is 0 Å². The lowest BCUT2D eigenvalue weighted by Gasteiger charge is -2.35. The maximum Gasteiger partial charge on any atom is 0.00476 e. The Labute approximate surface area is 120 Å². The van der Waals surface area contributed by atoms with Crippen LogP contribution in [-0.4, -0.2) is 37.6 Å². The highest BCUT2D eigenvalue weighted by Gasteiger charge is 2.32. The van der Waals surface area contributed by atoms with E-state index in [0.29, 0.717) is 5.41 Å². The highest BCUT2D eigenvalue weighted by atomic mass is 15.1. The number of nitrogens with one attached hydrogen (secondary N) is 1. The third-order valence-electron chi connectivity index (χ3n) is 4.86. The molecule has 0 saturated heterocycles. The monoisotopic (exact) mass is 266 g/mol. The van der Waals surface area contributed by atoms with Gasteiger partial charge in [-0.2, -0.15) is 0 Å². The van der Waals surface area contributed by atoms with Crippen LogP contribution in [0.1, 0.15) is 59.3 Å². The fraction of sp³-hybridized carbons (Fsp3) is 1.00. The molecule has 112 valence electrons. The van der Waals surface area contributed by atoms with Gasteiger partial charge in [0.25, 0.3) is 0 Å². The lowest BCUT2D eigenvalue weighted by Crippen LogP contribution is -2.43. The standard InChI is InChI=1S/C17H34N2/c1-4-10-18-13-17(3,5-2)14-19(11-15-6-7-15)12-16-8-9-16/h15-16,18H,4-14H2,1-3H3. The Kier molecular flexibility index (Phi) is 5.70. The van der Waals surface area contributed by atoms with Crippen molar-refractivity contribution in [2.45, 2.75) is 59.3 Å². The fourth-order valence-electron chi connectivity index (χ4n) is 2.93. The fourth-order valence-corrected chi connectivity index (χ4v) is 2.93. The first-order valence-electron chi connectivity index (χ1n) is 8.58. The van der Waals surface area contributed by atoms with Crippen molar-refractivity contribution in [3.8, 4) is 0 Å². The zero-order valence-electron chi connectivity index (χ0n) is 13.4. The molecule has 2 heteroatoms. The quantitative estimate of drug-likeness (QED) is 0.576. The molecule has 2 rings (SSSR count). The van der Waals surface area contributed by atoms with E-state index in [1.807, 2.05) is 0 Å². The van der Waals surface area contributed by atoms with E-state index in [0.717, 1.165) is 11.8 Å². The maximum atomic E-state index is 3.64. The van der Waals surface area contributed by atoms with E-state index in [4.69, 9.17) is 0 Å². The topological polar surface area (TPSA) is 15.3 Å². The molecule has 1 unspecified atom stereocenters. The molecule has 2 saturated carbocycles. The smallest absolute Gasteiger partial charge is 0.00476 e. The summed E-state index contributed by atoms with van der Waals surface area (Å²) in [6, 6.07) is 0. The molecule has 2 fully saturated rings. The summed E-state index contributed by atoms with van der Waals surface area (Å²) in [4.78, 5) is 2.80. The molecule has 0 aromatic heterocycles. The van der Waals surface area contributed by atoms with Gasteiger partial charge in [0.15, 0.2) is 0 Å². The third kappa shape index (κ3) is 5.83. The van der Waals surface area contributed by atoms with Crippen LogP contribution in [0, 0.1) is 17.3 Å². The van der Waals surface area contributed by atoms with Crippen LogP contribution in [-0.2, 0) is 0 Å². The van der Waals surface area contributed by atoms with Gasteiger partial charge in [0.2, 0.25) is 0 Å². The molecule has 0 amide bonds.